The molecule has 0 heterocycles. The van der Waals surface area contributed by atoms with Crippen LogP contribution < -0.4 is 0 Å². The van der Waals surface area contributed by atoms with Crippen LogP contribution in [0.25, 0.3) is 0 Å². The van der Waals surface area contributed by atoms with Crippen molar-refractivity contribution in [2.45, 2.75) is 4.90 Å². The zero-order valence-electron chi connectivity index (χ0n) is 10.5. The molecule has 19 heavy (non-hydrogen) atoms. The molecule has 0 saturated carbocycles. The zero-order valence-corrected chi connectivity index (χ0v) is 11.3. The van der Waals surface area contributed by atoms with Crippen molar-refractivity contribution < 1.29 is 23.1 Å². The zero-order chi connectivity index (χ0) is 14.4. The lowest BCUT2D eigenvalue weighted by Gasteiger charge is -2.15. The Bertz CT molecular complexity index is 482. The van der Waals surface area contributed by atoms with E-state index in [1.165, 1.54) is 25.1 Å². The fraction of sp³-hybridized carbons (Fsp3) is 0.333. The molecule has 104 valence electrons. The van der Waals surface area contributed by atoms with Gasteiger partial charge in [0.05, 0.1) is 12.9 Å². The van der Waals surface area contributed by atoms with Crippen LogP contribution in [0.3, 0.4) is 0 Å². The first-order chi connectivity index (χ1) is 8.93. The van der Waals surface area contributed by atoms with Crippen molar-refractivity contribution in [3.05, 3.63) is 29.8 Å². The monoisotopic (exact) mass is 289 g/mol. The van der Waals surface area contributed by atoms with Gasteiger partial charge in [0.25, 0.3) is 0 Å². The molecule has 1 aromatic carbocycles. The summed E-state index contributed by atoms with van der Waals surface area (Å²) in [4.78, 5) is 24.0. The summed E-state index contributed by atoms with van der Waals surface area (Å²) in [6, 6.07) is 3.14. The molecule has 0 N–H and O–H groups in total. The van der Waals surface area contributed by atoms with Gasteiger partial charge < -0.3 is 9.64 Å². The molecule has 0 aliphatic carbocycles. The van der Waals surface area contributed by atoms with Crippen LogP contribution in [0.4, 0.5) is 8.78 Å². The Balaban J connectivity index is 2.52. The van der Waals surface area contributed by atoms with Crippen molar-refractivity contribution in [2.24, 2.45) is 0 Å². The fourth-order valence-corrected chi connectivity index (χ4v) is 2.05. The third kappa shape index (κ3) is 4.86. The fourth-order valence-electron chi connectivity index (χ4n) is 1.19. The Hall–Kier alpha value is -1.63. The lowest BCUT2D eigenvalue weighted by molar-refractivity contribution is -0.145. The van der Waals surface area contributed by atoms with Crippen molar-refractivity contribution in [2.75, 3.05) is 26.5 Å². The molecule has 0 aromatic heterocycles. The molecule has 0 bridgehead atoms. The molecule has 7 heteroatoms. The largest absolute Gasteiger partial charge is 0.468 e. The maximum Gasteiger partial charge on any atom is 0.325 e. The maximum atomic E-state index is 13.3. The van der Waals surface area contributed by atoms with E-state index in [1.807, 2.05) is 0 Å². The minimum atomic E-state index is -0.714. The van der Waals surface area contributed by atoms with Crippen molar-refractivity contribution in [1.82, 2.24) is 4.90 Å². The van der Waals surface area contributed by atoms with Gasteiger partial charge >= 0.3 is 5.97 Å². The summed E-state index contributed by atoms with van der Waals surface area (Å²) in [6.07, 6.45) is 0. The highest BCUT2D eigenvalue weighted by molar-refractivity contribution is 8.00. The van der Waals surface area contributed by atoms with Gasteiger partial charge in [0.2, 0.25) is 5.91 Å². The molecule has 0 atom stereocenters. The number of hydrogen-bond acceptors (Lipinski definition) is 4. The van der Waals surface area contributed by atoms with Crippen molar-refractivity contribution in [3.63, 3.8) is 0 Å². The smallest absolute Gasteiger partial charge is 0.325 e. The minimum Gasteiger partial charge on any atom is -0.468 e. The number of rotatable bonds is 5. The second-order valence-corrected chi connectivity index (χ2v) is 4.71. The third-order valence-corrected chi connectivity index (χ3v) is 3.30. The standard InChI is InChI=1S/C12H13F2NO3S/c1-15(6-12(17)18-2)11(16)7-19-10-4-3-8(13)5-9(10)14/h3-5H,6-7H2,1-2H3. The highest BCUT2D eigenvalue weighted by Crippen LogP contribution is 2.22. The van der Waals surface area contributed by atoms with Crippen LogP contribution in [0.2, 0.25) is 0 Å². The van der Waals surface area contributed by atoms with Gasteiger partial charge in [-0.2, -0.15) is 0 Å². The van der Waals surface area contributed by atoms with E-state index >= 15 is 0 Å². The van der Waals surface area contributed by atoms with Gasteiger partial charge in [-0.15, -0.1) is 11.8 Å². The Morgan fingerprint density at radius 2 is 2.05 bits per heavy atom. The summed E-state index contributed by atoms with van der Waals surface area (Å²) in [5.41, 5.74) is 0. The Morgan fingerprint density at radius 3 is 2.63 bits per heavy atom. The van der Waals surface area contributed by atoms with E-state index < -0.39 is 17.6 Å². The number of hydrogen-bond donors (Lipinski definition) is 0. The number of thioether (sulfide) groups is 1. The van der Waals surface area contributed by atoms with E-state index in [9.17, 15) is 18.4 Å². The number of carbonyl (C=O) groups is 2. The van der Waals surface area contributed by atoms with Crippen molar-refractivity contribution in [1.29, 1.82) is 0 Å². The normalized spacial score (nSPS) is 10.1. The van der Waals surface area contributed by atoms with Crippen molar-refractivity contribution >= 4 is 23.6 Å². The second-order valence-electron chi connectivity index (χ2n) is 3.69. The molecule has 0 unspecified atom stereocenters. The van der Waals surface area contributed by atoms with E-state index in [-0.39, 0.29) is 23.1 Å². The average Bonchev–Trinajstić information content (AvgIpc) is 2.37. The number of benzene rings is 1. The minimum absolute atomic E-state index is 0.0456. The van der Waals surface area contributed by atoms with Crippen LogP contribution in [-0.2, 0) is 14.3 Å². The predicted molar refractivity (Wildman–Crippen MR) is 66.7 cm³/mol. The Morgan fingerprint density at radius 1 is 1.37 bits per heavy atom. The van der Waals surface area contributed by atoms with Gasteiger partial charge in [-0.1, -0.05) is 0 Å². The number of ether oxygens (including phenoxy) is 1. The average molecular weight is 289 g/mol. The number of amides is 1. The van der Waals surface area contributed by atoms with E-state index in [1.54, 1.807) is 0 Å². The molecule has 0 radical (unpaired) electrons. The molecule has 0 aliphatic heterocycles. The van der Waals surface area contributed by atoms with Crippen molar-refractivity contribution in [3.8, 4) is 0 Å². The summed E-state index contributed by atoms with van der Waals surface area (Å²) in [7, 11) is 2.67. The van der Waals surface area contributed by atoms with E-state index in [2.05, 4.69) is 4.74 Å². The second kappa shape index (κ2) is 7.08. The first-order valence-electron chi connectivity index (χ1n) is 5.32. The number of halogens is 2. The highest BCUT2D eigenvalue weighted by Gasteiger charge is 2.14. The number of carbonyl (C=O) groups excluding carboxylic acids is 2. The summed E-state index contributed by atoms with van der Waals surface area (Å²) in [6.45, 7) is -0.165. The first kappa shape index (κ1) is 15.4. The van der Waals surface area contributed by atoms with Crippen LogP contribution in [0.1, 0.15) is 0 Å². The SMILES string of the molecule is COC(=O)CN(C)C(=O)CSc1ccc(F)cc1F. The number of likely N-dealkylation sites (N-methyl/N-ethyl adjacent to an activating group) is 1. The Kier molecular flexibility index (Phi) is 5.75. The number of nitrogens with zero attached hydrogens (tertiary/aromatic N) is 1. The van der Waals surface area contributed by atoms with Gasteiger partial charge in [-0.05, 0) is 12.1 Å². The van der Waals surface area contributed by atoms with Crippen LogP contribution in [0.15, 0.2) is 23.1 Å². The molecule has 0 fully saturated rings. The van der Waals surface area contributed by atoms with Gasteiger partial charge in [-0.25, -0.2) is 8.78 Å². The maximum absolute atomic E-state index is 13.3. The van der Waals surface area contributed by atoms with E-state index in [4.69, 9.17) is 0 Å². The molecule has 4 nitrogen and oxygen atoms in total. The molecule has 1 amide bonds. The molecule has 1 aromatic rings. The summed E-state index contributed by atoms with van der Waals surface area (Å²) in [5, 5.41) is 0. The van der Waals surface area contributed by atoms with Crippen LogP contribution >= 0.6 is 11.8 Å². The highest BCUT2D eigenvalue weighted by atomic mass is 32.2. The lowest BCUT2D eigenvalue weighted by atomic mass is 10.3. The van der Waals surface area contributed by atoms with Crippen LogP contribution in [-0.4, -0.2) is 43.2 Å². The van der Waals surface area contributed by atoms with E-state index in [0.29, 0.717) is 0 Å². The van der Waals surface area contributed by atoms with Gasteiger partial charge in [-0.3, -0.25) is 9.59 Å². The first-order valence-corrected chi connectivity index (χ1v) is 6.31. The van der Waals surface area contributed by atoms with Crippen LogP contribution in [0.5, 0.6) is 0 Å². The summed E-state index contributed by atoms with van der Waals surface area (Å²) in [5.74, 6) is -2.31. The number of esters is 1. The van der Waals surface area contributed by atoms with Crippen LogP contribution in [0, 0.1) is 11.6 Å². The molecule has 0 spiro atoms. The molecular weight excluding hydrogens is 276 g/mol. The van der Waals surface area contributed by atoms with Gasteiger partial charge in [0.1, 0.15) is 18.2 Å². The third-order valence-electron chi connectivity index (χ3n) is 2.26. The van der Waals surface area contributed by atoms with Gasteiger partial charge in [0.15, 0.2) is 0 Å². The lowest BCUT2D eigenvalue weighted by Crippen LogP contribution is -2.33. The molecule has 1 rings (SSSR count). The topological polar surface area (TPSA) is 46.6 Å². The molecule has 0 aliphatic rings. The Labute approximate surface area is 113 Å². The quantitative estimate of drug-likeness (QED) is 0.611. The van der Waals surface area contributed by atoms with Gasteiger partial charge in [0, 0.05) is 18.0 Å². The summed E-state index contributed by atoms with van der Waals surface area (Å²) < 4.78 is 30.4. The van der Waals surface area contributed by atoms with E-state index in [0.717, 1.165) is 23.9 Å². The molecular formula is C12H13F2NO3S. The predicted octanol–water partition coefficient (Wildman–Crippen LogP) is 1.69. The molecule has 0 saturated heterocycles. The number of methoxy groups -OCH3 is 1. The summed E-state index contributed by atoms with van der Waals surface area (Å²) >= 11 is 0.942.